The van der Waals surface area contributed by atoms with Gasteiger partial charge >= 0.3 is 0 Å². The standard InChI is InChI=1S/C13H13N3OS/c17-12-11(14-8-2-1-3-9(8)15-12)13-16-10(6-18-13)7-4-5-7/h6-7H,1-5H2,(H,15,17). The SMILES string of the molecule is O=c1[nH]c2c(nc1-c1nc(C3CC3)cs1)CCC2. The predicted octanol–water partition coefficient (Wildman–Crippen LogP) is 2.26. The number of thiazole rings is 1. The van der Waals surface area contributed by atoms with Gasteiger partial charge in [-0.3, -0.25) is 4.79 Å². The van der Waals surface area contributed by atoms with Crippen LogP contribution in [0, 0.1) is 0 Å². The Morgan fingerprint density at radius 1 is 1.28 bits per heavy atom. The summed E-state index contributed by atoms with van der Waals surface area (Å²) in [6.07, 6.45) is 5.48. The quantitative estimate of drug-likeness (QED) is 0.900. The summed E-state index contributed by atoms with van der Waals surface area (Å²) in [7, 11) is 0. The second-order valence-electron chi connectivity index (χ2n) is 5.05. The minimum Gasteiger partial charge on any atom is -0.322 e. The van der Waals surface area contributed by atoms with Crippen molar-refractivity contribution in [3.8, 4) is 10.7 Å². The van der Waals surface area contributed by atoms with Crippen LogP contribution in [0.4, 0.5) is 0 Å². The fourth-order valence-corrected chi connectivity index (χ4v) is 3.36. The van der Waals surface area contributed by atoms with Gasteiger partial charge < -0.3 is 4.98 Å². The molecule has 92 valence electrons. The molecule has 2 aliphatic rings. The van der Waals surface area contributed by atoms with Gasteiger partial charge in [0.25, 0.3) is 5.56 Å². The maximum absolute atomic E-state index is 12.0. The van der Waals surface area contributed by atoms with Crippen molar-refractivity contribution >= 4 is 11.3 Å². The Labute approximate surface area is 108 Å². The van der Waals surface area contributed by atoms with E-state index in [1.54, 1.807) is 0 Å². The number of fused-ring (bicyclic) bond motifs is 1. The molecule has 0 spiro atoms. The van der Waals surface area contributed by atoms with E-state index in [1.807, 2.05) is 0 Å². The van der Waals surface area contributed by atoms with E-state index in [2.05, 4.69) is 20.3 Å². The Morgan fingerprint density at radius 2 is 2.17 bits per heavy atom. The number of hydrogen-bond acceptors (Lipinski definition) is 4. The van der Waals surface area contributed by atoms with Gasteiger partial charge in [0.15, 0.2) is 5.69 Å². The summed E-state index contributed by atoms with van der Waals surface area (Å²) < 4.78 is 0. The summed E-state index contributed by atoms with van der Waals surface area (Å²) >= 11 is 1.54. The van der Waals surface area contributed by atoms with Gasteiger partial charge in [-0.2, -0.15) is 0 Å². The normalized spacial score (nSPS) is 18.0. The molecule has 1 saturated carbocycles. The van der Waals surface area contributed by atoms with E-state index in [-0.39, 0.29) is 5.56 Å². The van der Waals surface area contributed by atoms with E-state index in [1.165, 1.54) is 24.2 Å². The highest BCUT2D eigenvalue weighted by atomic mass is 32.1. The lowest BCUT2D eigenvalue weighted by atomic mass is 10.3. The first-order chi connectivity index (χ1) is 8.81. The summed E-state index contributed by atoms with van der Waals surface area (Å²) in [4.78, 5) is 24.1. The van der Waals surface area contributed by atoms with E-state index >= 15 is 0 Å². The van der Waals surface area contributed by atoms with Crippen LogP contribution < -0.4 is 5.56 Å². The monoisotopic (exact) mass is 259 g/mol. The number of nitrogens with zero attached hydrogens (tertiary/aromatic N) is 2. The molecule has 0 aliphatic heterocycles. The van der Waals surface area contributed by atoms with Crippen molar-refractivity contribution in [3.05, 3.63) is 32.8 Å². The fourth-order valence-electron chi connectivity index (χ4n) is 2.47. The number of aromatic nitrogens is 3. The van der Waals surface area contributed by atoms with Gasteiger partial charge in [-0.15, -0.1) is 11.3 Å². The molecule has 2 aromatic rings. The topological polar surface area (TPSA) is 58.6 Å². The summed E-state index contributed by atoms with van der Waals surface area (Å²) in [5.41, 5.74) is 3.62. The Hall–Kier alpha value is -1.49. The lowest BCUT2D eigenvalue weighted by Crippen LogP contribution is -2.14. The molecule has 5 heteroatoms. The summed E-state index contributed by atoms with van der Waals surface area (Å²) in [5.74, 6) is 0.628. The van der Waals surface area contributed by atoms with Crippen molar-refractivity contribution in [3.63, 3.8) is 0 Å². The molecule has 4 rings (SSSR count). The molecule has 0 atom stereocenters. The molecule has 0 amide bonds. The minimum absolute atomic E-state index is 0.0904. The molecule has 0 bridgehead atoms. The van der Waals surface area contributed by atoms with Gasteiger partial charge in [-0.1, -0.05) is 0 Å². The number of rotatable bonds is 2. The van der Waals surface area contributed by atoms with Crippen LogP contribution in [0.2, 0.25) is 0 Å². The van der Waals surface area contributed by atoms with Crippen LogP contribution >= 0.6 is 11.3 Å². The molecule has 0 aromatic carbocycles. The average Bonchev–Trinajstić information content (AvgIpc) is 2.93. The fraction of sp³-hybridized carbons (Fsp3) is 0.462. The molecule has 2 aromatic heterocycles. The van der Waals surface area contributed by atoms with Gasteiger partial charge in [0.2, 0.25) is 0 Å². The van der Waals surface area contributed by atoms with E-state index in [0.29, 0.717) is 11.6 Å². The smallest absolute Gasteiger partial charge is 0.277 e. The number of H-pyrrole nitrogens is 1. The zero-order chi connectivity index (χ0) is 12.1. The van der Waals surface area contributed by atoms with Crippen LogP contribution in [0.15, 0.2) is 10.2 Å². The number of aryl methyl sites for hydroxylation is 2. The van der Waals surface area contributed by atoms with Crippen molar-refractivity contribution < 1.29 is 0 Å². The Kier molecular flexibility index (Phi) is 2.17. The zero-order valence-corrected chi connectivity index (χ0v) is 10.7. The van der Waals surface area contributed by atoms with Crippen LogP contribution in [0.25, 0.3) is 10.7 Å². The average molecular weight is 259 g/mol. The van der Waals surface area contributed by atoms with Crippen LogP contribution in [0.5, 0.6) is 0 Å². The molecular weight excluding hydrogens is 246 g/mol. The maximum atomic E-state index is 12.0. The molecular formula is C13H13N3OS. The third-order valence-corrected chi connectivity index (χ3v) is 4.50. The molecule has 0 radical (unpaired) electrons. The van der Waals surface area contributed by atoms with Gasteiger partial charge in [0, 0.05) is 17.0 Å². The predicted molar refractivity (Wildman–Crippen MR) is 70.0 cm³/mol. The first-order valence-electron chi connectivity index (χ1n) is 6.39. The minimum atomic E-state index is -0.0904. The van der Waals surface area contributed by atoms with Crippen LogP contribution in [-0.2, 0) is 12.8 Å². The molecule has 18 heavy (non-hydrogen) atoms. The highest BCUT2D eigenvalue weighted by Gasteiger charge is 2.27. The largest absolute Gasteiger partial charge is 0.322 e. The van der Waals surface area contributed by atoms with Crippen molar-refractivity contribution in [1.29, 1.82) is 0 Å². The number of hydrogen-bond donors (Lipinski definition) is 1. The first-order valence-corrected chi connectivity index (χ1v) is 7.27. The Balaban J connectivity index is 1.81. The third-order valence-electron chi connectivity index (χ3n) is 3.64. The first kappa shape index (κ1) is 10.4. The Bertz CT molecular complexity index is 669. The summed E-state index contributed by atoms with van der Waals surface area (Å²) in [6.45, 7) is 0. The van der Waals surface area contributed by atoms with Crippen molar-refractivity contribution in [2.75, 3.05) is 0 Å². The summed E-state index contributed by atoms with van der Waals surface area (Å²) in [6, 6.07) is 0. The summed E-state index contributed by atoms with van der Waals surface area (Å²) in [5, 5.41) is 2.84. The maximum Gasteiger partial charge on any atom is 0.277 e. The Morgan fingerprint density at radius 3 is 3.00 bits per heavy atom. The van der Waals surface area contributed by atoms with E-state index in [4.69, 9.17) is 0 Å². The van der Waals surface area contributed by atoms with Gasteiger partial charge in [0.1, 0.15) is 5.01 Å². The molecule has 1 N–H and O–H groups in total. The zero-order valence-electron chi connectivity index (χ0n) is 9.90. The molecule has 4 nitrogen and oxygen atoms in total. The second-order valence-corrected chi connectivity index (χ2v) is 5.90. The lowest BCUT2D eigenvalue weighted by Gasteiger charge is -2.00. The highest BCUT2D eigenvalue weighted by Crippen LogP contribution is 2.41. The molecule has 2 aliphatic carbocycles. The van der Waals surface area contributed by atoms with Crippen molar-refractivity contribution in [1.82, 2.24) is 15.0 Å². The van der Waals surface area contributed by atoms with Gasteiger partial charge in [-0.25, -0.2) is 9.97 Å². The molecule has 0 saturated heterocycles. The van der Waals surface area contributed by atoms with Crippen LogP contribution in [0.3, 0.4) is 0 Å². The highest BCUT2D eigenvalue weighted by molar-refractivity contribution is 7.13. The van der Waals surface area contributed by atoms with Crippen LogP contribution in [-0.4, -0.2) is 15.0 Å². The molecule has 1 fully saturated rings. The van der Waals surface area contributed by atoms with E-state index in [9.17, 15) is 4.79 Å². The van der Waals surface area contributed by atoms with Gasteiger partial charge in [0.05, 0.1) is 11.4 Å². The van der Waals surface area contributed by atoms with Crippen molar-refractivity contribution in [2.24, 2.45) is 0 Å². The second kappa shape index (κ2) is 3.75. The number of aromatic amines is 1. The van der Waals surface area contributed by atoms with E-state index in [0.717, 1.165) is 41.4 Å². The molecule has 2 heterocycles. The van der Waals surface area contributed by atoms with Crippen molar-refractivity contribution in [2.45, 2.75) is 38.0 Å². The van der Waals surface area contributed by atoms with Gasteiger partial charge in [-0.05, 0) is 32.1 Å². The number of nitrogens with one attached hydrogen (secondary N) is 1. The third kappa shape index (κ3) is 1.61. The lowest BCUT2D eigenvalue weighted by molar-refractivity contribution is 0.893. The van der Waals surface area contributed by atoms with Crippen LogP contribution in [0.1, 0.15) is 42.3 Å². The molecule has 0 unspecified atom stereocenters. The van der Waals surface area contributed by atoms with E-state index < -0.39 is 0 Å².